The van der Waals surface area contributed by atoms with Gasteiger partial charge in [0.1, 0.15) is 11.3 Å². The summed E-state index contributed by atoms with van der Waals surface area (Å²) in [5.74, 6) is -0.910. The number of nitrogens with one attached hydrogen (secondary N) is 1. The van der Waals surface area contributed by atoms with Crippen molar-refractivity contribution in [3.8, 4) is 11.3 Å². The van der Waals surface area contributed by atoms with Crippen molar-refractivity contribution < 1.29 is 22.8 Å². The van der Waals surface area contributed by atoms with E-state index < -0.39 is 17.8 Å². The van der Waals surface area contributed by atoms with Gasteiger partial charge in [0.2, 0.25) is 0 Å². The highest BCUT2D eigenvalue weighted by atomic mass is 19.4. The van der Waals surface area contributed by atoms with Gasteiger partial charge in [-0.3, -0.25) is 14.3 Å². The van der Waals surface area contributed by atoms with Crippen LogP contribution in [0.1, 0.15) is 58.8 Å². The van der Waals surface area contributed by atoms with Gasteiger partial charge in [-0.15, -0.1) is 0 Å². The number of alkyl halides is 3. The van der Waals surface area contributed by atoms with Gasteiger partial charge in [0.15, 0.2) is 11.3 Å². The third-order valence-corrected chi connectivity index (χ3v) is 5.88. The molecular formula is C25H26F3N7O2. The van der Waals surface area contributed by atoms with Gasteiger partial charge in [-0.1, -0.05) is 38.1 Å². The fourth-order valence-corrected chi connectivity index (χ4v) is 3.86. The molecule has 0 unspecified atom stereocenters. The fourth-order valence-electron chi connectivity index (χ4n) is 3.86. The molecule has 0 saturated heterocycles. The second kappa shape index (κ2) is 9.68. The van der Waals surface area contributed by atoms with Crippen LogP contribution in [0.3, 0.4) is 0 Å². The molecule has 1 N–H and O–H groups in total. The molecule has 0 saturated carbocycles. The molecule has 0 fully saturated rings. The molecule has 12 heteroatoms. The largest absolute Gasteiger partial charge is 0.433 e. The maximum atomic E-state index is 14.0. The molecule has 0 aliphatic heterocycles. The summed E-state index contributed by atoms with van der Waals surface area (Å²) in [5.41, 5.74) is 0.300. The van der Waals surface area contributed by atoms with E-state index in [0.29, 0.717) is 16.6 Å². The van der Waals surface area contributed by atoms with Crippen molar-refractivity contribution in [2.75, 3.05) is 19.4 Å². The van der Waals surface area contributed by atoms with Crippen LogP contribution in [0.25, 0.3) is 16.9 Å². The van der Waals surface area contributed by atoms with Gasteiger partial charge in [0.05, 0.1) is 23.8 Å². The topological polar surface area (TPSA) is 97.4 Å². The number of aromatic nitrogens is 5. The van der Waals surface area contributed by atoms with Crippen molar-refractivity contribution in [3.05, 3.63) is 65.2 Å². The highest BCUT2D eigenvalue weighted by Crippen LogP contribution is 2.33. The number of benzene rings is 1. The molecule has 0 aliphatic rings. The van der Waals surface area contributed by atoms with E-state index in [4.69, 9.17) is 0 Å². The monoisotopic (exact) mass is 513 g/mol. The van der Waals surface area contributed by atoms with Crippen LogP contribution in [-0.4, -0.2) is 55.2 Å². The van der Waals surface area contributed by atoms with E-state index in [-0.39, 0.29) is 40.1 Å². The number of rotatable bonds is 6. The van der Waals surface area contributed by atoms with E-state index in [1.54, 1.807) is 33.2 Å². The Balaban J connectivity index is 1.80. The van der Waals surface area contributed by atoms with Crippen LogP contribution in [0.4, 0.5) is 18.9 Å². The van der Waals surface area contributed by atoms with E-state index in [1.807, 2.05) is 26.0 Å². The lowest BCUT2D eigenvalue weighted by atomic mass is 10.0. The minimum Gasteiger partial charge on any atom is -0.343 e. The third kappa shape index (κ3) is 4.91. The Morgan fingerprint density at radius 1 is 1.08 bits per heavy atom. The number of hydrogen-bond donors (Lipinski definition) is 1. The number of halogens is 3. The molecule has 3 heterocycles. The molecule has 0 atom stereocenters. The number of aryl methyl sites for hydroxylation is 1. The number of anilines is 1. The molecule has 4 rings (SSSR count). The van der Waals surface area contributed by atoms with Gasteiger partial charge in [-0.25, -0.2) is 9.50 Å². The van der Waals surface area contributed by atoms with Crippen molar-refractivity contribution in [1.82, 2.24) is 29.3 Å². The summed E-state index contributed by atoms with van der Waals surface area (Å²) in [5, 5.41) is 10.5. The van der Waals surface area contributed by atoms with Crippen LogP contribution in [0.2, 0.25) is 0 Å². The van der Waals surface area contributed by atoms with Crippen LogP contribution in [-0.2, 0) is 12.7 Å². The van der Waals surface area contributed by atoms with Crippen LogP contribution in [0.15, 0.2) is 42.7 Å². The number of carbonyl (C=O) groups is 2. The highest BCUT2D eigenvalue weighted by Gasteiger charge is 2.36. The average Bonchev–Trinajstić information content (AvgIpc) is 3.46. The first-order valence-corrected chi connectivity index (χ1v) is 11.6. The number of hydrogen-bond acceptors (Lipinski definition) is 5. The molecule has 2 amide bonds. The van der Waals surface area contributed by atoms with Crippen LogP contribution in [0, 0.1) is 0 Å². The Kier molecular flexibility index (Phi) is 6.76. The smallest absolute Gasteiger partial charge is 0.343 e. The average molecular weight is 514 g/mol. The van der Waals surface area contributed by atoms with E-state index in [0.717, 1.165) is 17.8 Å². The predicted octanol–water partition coefficient (Wildman–Crippen LogP) is 4.71. The van der Waals surface area contributed by atoms with Crippen molar-refractivity contribution in [2.45, 2.75) is 39.4 Å². The maximum Gasteiger partial charge on any atom is 0.433 e. The number of amides is 2. The molecule has 194 valence electrons. The van der Waals surface area contributed by atoms with Crippen LogP contribution >= 0.6 is 0 Å². The fraction of sp³-hybridized carbons (Fsp3) is 0.320. The Morgan fingerprint density at radius 2 is 1.76 bits per heavy atom. The van der Waals surface area contributed by atoms with E-state index in [1.165, 1.54) is 15.8 Å². The second-order valence-electron chi connectivity index (χ2n) is 8.97. The van der Waals surface area contributed by atoms with Crippen molar-refractivity contribution in [3.63, 3.8) is 0 Å². The molecule has 3 aromatic heterocycles. The molecule has 9 nitrogen and oxygen atoms in total. The van der Waals surface area contributed by atoms with E-state index in [2.05, 4.69) is 20.5 Å². The minimum absolute atomic E-state index is 0.0481. The summed E-state index contributed by atoms with van der Waals surface area (Å²) in [4.78, 5) is 31.6. The van der Waals surface area contributed by atoms with E-state index in [9.17, 15) is 22.8 Å². The van der Waals surface area contributed by atoms with Crippen LogP contribution < -0.4 is 5.32 Å². The maximum absolute atomic E-state index is 14.0. The normalized spacial score (nSPS) is 11.8. The second-order valence-corrected chi connectivity index (χ2v) is 8.97. The summed E-state index contributed by atoms with van der Waals surface area (Å²) in [6.45, 7) is 6.19. The van der Waals surface area contributed by atoms with Gasteiger partial charge < -0.3 is 10.2 Å². The Hall–Kier alpha value is -4.22. The molecule has 0 radical (unpaired) electrons. The zero-order valence-corrected chi connectivity index (χ0v) is 21.0. The van der Waals surface area contributed by atoms with Gasteiger partial charge in [0.25, 0.3) is 11.8 Å². The first-order chi connectivity index (χ1) is 17.4. The van der Waals surface area contributed by atoms with E-state index >= 15 is 0 Å². The number of fused-ring (bicyclic) bond motifs is 1. The molecule has 37 heavy (non-hydrogen) atoms. The van der Waals surface area contributed by atoms with Gasteiger partial charge in [-0.05, 0) is 24.5 Å². The van der Waals surface area contributed by atoms with Crippen LogP contribution in [0.5, 0.6) is 0 Å². The summed E-state index contributed by atoms with van der Waals surface area (Å²) in [7, 11) is 3.12. The van der Waals surface area contributed by atoms with Gasteiger partial charge in [-0.2, -0.15) is 23.4 Å². The zero-order valence-electron chi connectivity index (χ0n) is 21.0. The minimum atomic E-state index is -4.75. The molecule has 0 aliphatic carbocycles. The summed E-state index contributed by atoms with van der Waals surface area (Å²) in [6.07, 6.45) is -2.41. The molecular weight excluding hydrogens is 487 g/mol. The van der Waals surface area contributed by atoms with Crippen molar-refractivity contribution in [2.24, 2.45) is 0 Å². The first kappa shape index (κ1) is 25.9. The standard InChI is InChI=1S/C25H26F3N7O2/c1-6-34-21(24(37)33(4)5)19(13-29-34)32-23(36)17-12-30-35-20(25(26,27)28)11-18(31-22(17)35)16-9-7-15(8-10-16)14(2)3/h7-14H,6H2,1-5H3,(H,32,36). The Labute approximate surface area is 210 Å². The molecule has 4 aromatic rings. The molecule has 0 spiro atoms. The third-order valence-electron chi connectivity index (χ3n) is 5.88. The lowest BCUT2D eigenvalue weighted by Gasteiger charge is -2.14. The zero-order chi connectivity index (χ0) is 27.1. The summed E-state index contributed by atoms with van der Waals surface area (Å²) >= 11 is 0. The van der Waals surface area contributed by atoms with Crippen molar-refractivity contribution >= 4 is 23.1 Å². The summed E-state index contributed by atoms with van der Waals surface area (Å²) < 4.78 is 43.9. The predicted molar refractivity (Wildman–Crippen MR) is 131 cm³/mol. The molecule has 1 aromatic carbocycles. The quantitative estimate of drug-likeness (QED) is 0.403. The van der Waals surface area contributed by atoms with Gasteiger partial charge >= 0.3 is 6.18 Å². The first-order valence-electron chi connectivity index (χ1n) is 11.6. The lowest BCUT2D eigenvalue weighted by Crippen LogP contribution is -2.26. The Morgan fingerprint density at radius 3 is 2.32 bits per heavy atom. The number of carbonyl (C=O) groups excluding carboxylic acids is 2. The van der Waals surface area contributed by atoms with Crippen molar-refractivity contribution in [1.29, 1.82) is 0 Å². The Bertz CT molecular complexity index is 1470. The number of nitrogens with zero attached hydrogens (tertiary/aromatic N) is 6. The molecule has 0 bridgehead atoms. The van der Waals surface area contributed by atoms with Gasteiger partial charge in [0, 0.05) is 26.2 Å². The lowest BCUT2D eigenvalue weighted by molar-refractivity contribution is -0.142. The summed E-state index contributed by atoms with van der Waals surface area (Å²) in [6, 6.07) is 7.96. The highest BCUT2D eigenvalue weighted by molar-refractivity contribution is 6.11. The SMILES string of the molecule is CCn1ncc(NC(=O)c2cnn3c(C(F)(F)F)cc(-c4ccc(C(C)C)cc4)nc23)c1C(=O)N(C)C.